The van der Waals surface area contributed by atoms with Gasteiger partial charge >= 0.3 is 0 Å². The van der Waals surface area contributed by atoms with Crippen molar-refractivity contribution in [2.75, 3.05) is 33.9 Å². The Kier molecular flexibility index (Phi) is 7.31. The van der Waals surface area contributed by atoms with Crippen molar-refractivity contribution in [1.29, 1.82) is 0 Å². The number of aromatic nitrogens is 4. The summed E-state index contributed by atoms with van der Waals surface area (Å²) in [4.78, 5) is 33.8. The molecule has 0 spiro atoms. The molecule has 1 amide bonds. The number of aryl methyl sites for hydroxylation is 2. The number of halogens is 1. The van der Waals surface area contributed by atoms with E-state index in [2.05, 4.69) is 47.9 Å². The number of amides is 1. The summed E-state index contributed by atoms with van der Waals surface area (Å²) in [6.45, 7) is 1.81. The summed E-state index contributed by atoms with van der Waals surface area (Å²) in [5, 5.41) is 11.2. The van der Waals surface area contributed by atoms with Crippen molar-refractivity contribution in [3.63, 3.8) is 0 Å². The lowest BCUT2D eigenvalue weighted by Crippen LogP contribution is -2.36. The SMILES string of the molecule is O=C(C[C@@H]1CCCN(c2nc3ccccc3s2)C1)Nc1ccc2cc1CCc1cncc(c1)Nc1ncc(Cl)c(n1)N2. The van der Waals surface area contributed by atoms with E-state index in [0.717, 1.165) is 77.6 Å². The molecular weight excluding hydrogens is 568 g/mol. The van der Waals surface area contributed by atoms with Gasteiger partial charge in [-0.25, -0.2) is 9.97 Å². The minimum Gasteiger partial charge on any atom is -0.348 e. The van der Waals surface area contributed by atoms with E-state index < -0.39 is 0 Å². The van der Waals surface area contributed by atoms with Crippen LogP contribution in [0, 0.1) is 5.92 Å². The van der Waals surface area contributed by atoms with Gasteiger partial charge in [0.1, 0.15) is 5.02 Å². The number of nitrogens with zero attached hydrogens (tertiary/aromatic N) is 5. The molecule has 5 heterocycles. The Morgan fingerprint density at radius 2 is 1.98 bits per heavy atom. The van der Waals surface area contributed by atoms with E-state index in [-0.39, 0.29) is 11.8 Å². The summed E-state index contributed by atoms with van der Waals surface area (Å²) in [5.41, 5.74) is 5.57. The Morgan fingerprint density at radius 1 is 1.05 bits per heavy atom. The topological polar surface area (TPSA) is 108 Å². The van der Waals surface area contributed by atoms with E-state index in [1.54, 1.807) is 23.7 Å². The van der Waals surface area contributed by atoms with Crippen LogP contribution in [-0.4, -0.2) is 38.9 Å². The normalized spacial score (nSPS) is 16.4. The number of anilines is 6. The fourth-order valence-electron chi connectivity index (χ4n) is 5.62. The number of piperidine rings is 1. The van der Waals surface area contributed by atoms with Crippen LogP contribution in [0.4, 0.5) is 34.0 Å². The van der Waals surface area contributed by atoms with Crippen molar-refractivity contribution >= 4 is 73.0 Å². The molecule has 2 aliphatic rings. The predicted octanol–water partition coefficient (Wildman–Crippen LogP) is 6.97. The molecule has 0 saturated carbocycles. The Labute approximate surface area is 252 Å². The summed E-state index contributed by atoms with van der Waals surface area (Å²) in [7, 11) is 0. The molecule has 5 aromatic rings. The minimum absolute atomic E-state index is 0.0300. The van der Waals surface area contributed by atoms with E-state index in [0.29, 0.717) is 23.2 Å². The molecule has 9 nitrogen and oxygen atoms in total. The van der Waals surface area contributed by atoms with Gasteiger partial charge < -0.3 is 20.9 Å². The van der Waals surface area contributed by atoms with Crippen LogP contribution in [0.25, 0.3) is 10.2 Å². The van der Waals surface area contributed by atoms with E-state index in [4.69, 9.17) is 16.6 Å². The standard InChI is InChI=1S/C31H29ClN8OS/c32-24-17-34-30-36-23-12-19(15-33-16-23)7-8-21-14-22(35-29(24)39-30)9-10-25(21)37-28(41)13-20-4-3-11-40(18-20)31-38-26-5-1-2-6-27(26)42-31/h1-2,5-6,9-10,12,14-17,20H,3-4,7-8,11,13,18H2,(H,37,41)(H2,34,35,36,39)/t20-/m0/s1. The molecule has 7 rings (SSSR count). The Balaban J connectivity index is 1.08. The first-order valence-electron chi connectivity index (χ1n) is 14.1. The van der Waals surface area contributed by atoms with Gasteiger partial charge in [0.25, 0.3) is 0 Å². The van der Waals surface area contributed by atoms with Crippen molar-refractivity contribution < 1.29 is 4.79 Å². The monoisotopic (exact) mass is 596 g/mol. The number of carbonyl (C=O) groups is 1. The zero-order valence-corrected chi connectivity index (χ0v) is 24.4. The third-order valence-corrected chi connectivity index (χ3v) is 9.04. The zero-order valence-electron chi connectivity index (χ0n) is 22.8. The number of thiazole rings is 1. The fraction of sp³-hybridized carbons (Fsp3) is 0.258. The Bertz CT molecular complexity index is 1740. The van der Waals surface area contributed by atoms with Crippen LogP contribution in [0.3, 0.4) is 0 Å². The van der Waals surface area contributed by atoms with E-state index in [1.165, 1.54) is 4.70 Å². The van der Waals surface area contributed by atoms with Gasteiger partial charge in [0, 0.05) is 37.1 Å². The number of hydrogen-bond acceptors (Lipinski definition) is 9. The number of hydrogen-bond donors (Lipinski definition) is 3. The van der Waals surface area contributed by atoms with Gasteiger partial charge in [0.15, 0.2) is 10.9 Å². The third-order valence-electron chi connectivity index (χ3n) is 7.67. The molecule has 11 heteroatoms. The molecule has 212 valence electrons. The number of para-hydroxylation sites is 1. The van der Waals surface area contributed by atoms with Crippen molar-refractivity contribution in [3.8, 4) is 0 Å². The molecule has 1 atom stereocenters. The van der Waals surface area contributed by atoms with E-state index in [9.17, 15) is 4.79 Å². The van der Waals surface area contributed by atoms with Crippen LogP contribution >= 0.6 is 22.9 Å². The maximum Gasteiger partial charge on any atom is 0.229 e. The number of rotatable bonds is 4. The fourth-order valence-corrected chi connectivity index (χ4v) is 6.76. The minimum atomic E-state index is 0.0300. The highest BCUT2D eigenvalue weighted by Crippen LogP contribution is 2.33. The first-order chi connectivity index (χ1) is 20.6. The molecule has 6 bridgehead atoms. The van der Waals surface area contributed by atoms with Gasteiger partial charge in [0.2, 0.25) is 11.9 Å². The number of fused-ring (bicyclic) bond motifs is 7. The maximum atomic E-state index is 13.4. The molecule has 0 aliphatic carbocycles. The summed E-state index contributed by atoms with van der Waals surface area (Å²) in [5.74, 6) is 1.22. The summed E-state index contributed by atoms with van der Waals surface area (Å²) in [6, 6.07) is 16.2. The van der Waals surface area contributed by atoms with Crippen molar-refractivity contribution in [1.82, 2.24) is 19.9 Å². The van der Waals surface area contributed by atoms with Crippen molar-refractivity contribution in [2.24, 2.45) is 5.92 Å². The molecule has 2 aliphatic heterocycles. The highest BCUT2D eigenvalue weighted by atomic mass is 35.5. The third kappa shape index (κ3) is 5.86. The highest BCUT2D eigenvalue weighted by Gasteiger charge is 2.25. The molecule has 1 fully saturated rings. The number of carbonyl (C=O) groups excluding carboxylic acids is 1. The van der Waals surface area contributed by atoms with Gasteiger partial charge in [-0.2, -0.15) is 4.98 Å². The molecule has 2 aromatic carbocycles. The van der Waals surface area contributed by atoms with Crippen LogP contribution in [-0.2, 0) is 17.6 Å². The molecule has 1 saturated heterocycles. The summed E-state index contributed by atoms with van der Waals surface area (Å²) >= 11 is 8.13. The lowest BCUT2D eigenvalue weighted by molar-refractivity contribution is -0.117. The number of benzene rings is 2. The average molecular weight is 597 g/mol. The van der Waals surface area contributed by atoms with Crippen LogP contribution in [0.15, 0.2) is 67.1 Å². The van der Waals surface area contributed by atoms with Crippen LogP contribution < -0.4 is 20.9 Å². The Morgan fingerprint density at radius 3 is 2.90 bits per heavy atom. The van der Waals surface area contributed by atoms with Crippen molar-refractivity contribution in [2.45, 2.75) is 32.1 Å². The predicted molar refractivity (Wildman–Crippen MR) is 169 cm³/mol. The maximum absolute atomic E-state index is 13.4. The quantitative estimate of drug-likeness (QED) is 0.204. The van der Waals surface area contributed by atoms with E-state index >= 15 is 0 Å². The van der Waals surface area contributed by atoms with Gasteiger partial charge in [-0.15, -0.1) is 0 Å². The first kappa shape index (κ1) is 26.6. The van der Waals surface area contributed by atoms with Crippen LogP contribution in [0.2, 0.25) is 5.02 Å². The van der Waals surface area contributed by atoms with Crippen molar-refractivity contribution in [3.05, 3.63) is 83.3 Å². The average Bonchev–Trinajstić information content (AvgIpc) is 3.44. The molecular formula is C31H29ClN8OS. The molecule has 42 heavy (non-hydrogen) atoms. The number of pyridine rings is 1. The van der Waals surface area contributed by atoms with Gasteiger partial charge in [0.05, 0.1) is 28.3 Å². The number of nitrogens with one attached hydrogen (secondary N) is 3. The lowest BCUT2D eigenvalue weighted by Gasteiger charge is -2.32. The van der Waals surface area contributed by atoms with Gasteiger partial charge in [-0.3, -0.25) is 9.78 Å². The first-order valence-corrected chi connectivity index (χ1v) is 15.3. The Hall–Kier alpha value is -4.28. The lowest BCUT2D eigenvalue weighted by atomic mass is 9.94. The van der Waals surface area contributed by atoms with Crippen LogP contribution in [0.1, 0.15) is 30.4 Å². The highest BCUT2D eigenvalue weighted by molar-refractivity contribution is 7.22. The molecule has 3 aromatic heterocycles. The van der Waals surface area contributed by atoms with Gasteiger partial charge in [-0.05, 0) is 79.1 Å². The van der Waals surface area contributed by atoms with E-state index in [1.807, 2.05) is 42.6 Å². The second-order valence-corrected chi connectivity index (χ2v) is 12.2. The smallest absolute Gasteiger partial charge is 0.229 e. The molecule has 0 radical (unpaired) electrons. The zero-order chi connectivity index (χ0) is 28.5. The summed E-state index contributed by atoms with van der Waals surface area (Å²) in [6.07, 6.45) is 9.20. The largest absolute Gasteiger partial charge is 0.348 e. The summed E-state index contributed by atoms with van der Waals surface area (Å²) < 4.78 is 1.20. The molecule has 0 unspecified atom stereocenters. The van der Waals surface area contributed by atoms with Crippen LogP contribution in [0.5, 0.6) is 0 Å². The molecule has 3 N–H and O–H groups in total. The second-order valence-electron chi connectivity index (χ2n) is 10.8. The van der Waals surface area contributed by atoms with Gasteiger partial charge in [-0.1, -0.05) is 35.1 Å². The second kappa shape index (κ2) is 11.5.